The largest absolute Gasteiger partial charge is 0.396 e. The maximum atomic E-state index is 11.0. The van der Waals surface area contributed by atoms with Crippen molar-refractivity contribution in [3.05, 3.63) is 34.4 Å². The van der Waals surface area contributed by atoms with Gasteiger partial charge in [-0.15, -0.1) is 0 Å². The van der Waals surface area contributed by atoms with Gasteiger partial charge in [-0.2, -0.15) is 0 Å². The molecule has 110 valence electrons. The Kier molecular flexibility index (Phi) is 4.60. The highest BCUT2D eigenvalue weighted by Gasteiger charge is 2.41. The zero-order valence-electron chi connectivity index (χ0n) is 11.8. The molecule has 0 radical (unpaired) electrons. The van der Waals surface area contributed by atoms with E-state index in [1.165, 1.54) is 12.5 Å². The van der Waals surface area contributed by atoms with Crippen LogP contribution in [0, 0.1) is 21.4 Å². The number of nitrogens with one attached hydrogen (secondary N) is 1. The molecule has 1 atom stereocenters. The topological polar surface area (TPSA) is 75.4 Å². The van der Waals surface area contributed by atoms with Crippen LogP contribution in [0.15, 0.2) is 24.3 Å². The molecule has 1 aliphatic rings. The molecule has 0 aliphatic heterocycles. The van der Waals surface area contributed by atoms with Crippen LogP contribution in [0.1, 0.15) is 32.6 Å². The van der Waals surface area contributed by atoms with Crippen LogP contribution in [0.4, 0.5) is 11.4 Å². The van der Waals surface area contributed by atoms with Gasteiger partial charge in [-0.25, -0.2) is 0 Å². The van der Waals surface area contributed by atoms with E-state index in [4.69, 9.17) is 5.11 Å². The van der Waals surface area contributed by atoms with Crippen molar-refractivity contribution >= 4 is 11.4 Å². The molecule has 2 rings (SSSR count). The number of nitro benzene ring substituents is 1. The summed E-state index contributed by atoms with van der Waals surface area (Å²) in [4.78, 5) is 10.6. The zero-order valence-corrected chi connectivity index (χ0v) is 11.8. The number of nitrogens with zero attached hydrogens (tertiary/aromatic N) is 1. The Labute approximate surface area is 119 Å². The Bertz CT molecular complexity index is 472. The molecule has 1 aliphatic carbocycles. The van der Waals surface area contributed by atoms with E-state index in [0.29, 0.717) is 11.6 Å². The lowest BCUT2D eigenvalue weighted by molar-refractivity contribution is -0.384. The first-order chi connectivity index (χ1) is 9.59. The minimum absolute atomic E-state index is 0.122. The molecule has 0 amide bonds. The quantitative estimate of drug-likeness (QED) is 0.593. The van der Waals surface area contributed by atoms with Crippen LogP contribution in [-0.4, -0.2) is 23.2 Å². The van der Waals surface area contributed by atoms with Gasteiger partial charge < -0.3 is 10.4 Å². The molecule has 5 heteroatoms. The van der Waals surface area contributed by atoms with Gasteiger partial charge in [-0.1, -0.05) is 25.5 Å². The molecule has 1 saturated carbocycles. The minimum Gasteiger partial charge on any atom is -0.396 e. The second-order valence-electron chi connectivity index (χ2n) is 5.76. The fourth-order valence-corrected chi connectivity index (χ4v) is 3.03. The standard InChI is InChI=1S/C15H22N2O3/c1-12(7-10-18)15(8-4-9-15)11-16-13-5-2-3-6-14(13)17(19)20/h2-3,5-6,12,16,18H,4,7-11H2,1H3/t12-/m1/s1. The summed E-state index contributed by atoms with van der Waals surface area (Å²) in [6.07, 6.45) is 4.25. The van der Waals surface area contributed by atoms with Gasteiger partial charge >= 0.3 is 0 Å². The second-order valence-corrected chi connectivity index (χ2v) is 5.76. The third-order valence-corrected chi connectivity index (χ3v) is 4.69. The summed E-state index contributed by atoms with van der Waals surface area (Å²) >= 11 is 0. The number of para-hydroxylation sites is 2. The third kappa shape index (κ3) is 2.93. The van der Waals surface area contributed by atoms with Crippen molar-refractivity contribution in [3.8, 4) is 0 Å². The van der Waals surface area contributed by atoms with E-state index in [1.807, 2.05) is 0 Å². The number of benzene rings is 1. The van der Waals surface area contributed by atoms with E-state index in [1.54, 1.807) is 18.2 Å². The maximum absolute atomic E-state index is 11.0. The van der Waals surface area contributed by atoms with Gasteiger partial charge in [0.05, 0.1) is 4.92 Å². The average molecular weight is 278 g/mol. The Balaban J connectivity index is 2.06. The van der Waals surface area contributed by atoms with Gasteiger partial charge in [-0.3, -0.25) is 10.1 Å². The molecule has 20 heavy (non-hydrogen) atoms. The molecular formula is C15H22N2O3. The van der Waals surface area contributed by atoms with Gasteiger partial charge in [0.1, 0.15) is 5.69 Å². The molecule has 0 heterocycles. The zero-order chi connectivity index (χ0) is 14.6. The van der Waals surface area contributed by atoms with E-state index in [-0.39, 0.29) is 22.6 Å². The van der Waals surface area contributed by atoms with Crippen molar-refractivity contribution in [1.29, 1.82) is 0 Å². The predicted octanol–water partition coefficient (Wildman–Crippen LogP) is 3.20. The fourth-order valence-electron chi connectivity index (χ4n) is 3.03. The van der Waals surface area contributed by atoms with Crippen molar-refractivity contribution in [2.24, 2.45) is 11.3 Å². The molecular weight excluding hydrogens is 256 g/mol. The minimum atomic E-state index is -0.354. The molecule has 0 spiro atoms. The van der Waals surface area contributed by atoms with E-state index in [2.05, 4.69) is 12.2 Å². The second kappa shape index (κ2) is 6.22. The van der Waals surface area contributed by atoms with Crippen LogP contribution in [0.25, 0.3) is 0 Å². The van der Waals surface area contributed by atoms with Gasteiger partial charge in [0, 0.05) is 19.2 Å². The van der Waals surface area contributed by atoms with Crippen molar-refractivity contribution in [1.82, 2.24) is 0 Å². The van der Waals surface area contributed by atoms with Crippen LogP contribution in [0.5, 0.6) is 0 Å². The lowest BCUT2D eigenvalue weighted by atomic mass is 9.60. The van der Waals surface area contributed by atoms with Crippen LogP contribution in [-0.2, 0) is 0 Å². The molecule has 1 aromatic rings. The number of aliphatic hydroxyl groups excluding tert-OH is 1. The molecule has 1 fully saturated rings. The van der Waals surface area contributed by atoms with Crippen LogP contribution in [0.3, 0.4) is 0 Å². The number of hydrogen-bond acceptors (Lipinski definition) is 4. The summed E-state index contributed by atoms with van der Waals surface area (Å²) in [7, 11) is 0. The summed E-state index contributed by atoms with van der Waals surface area (Å²) in [5.41, 5.74) is 0.878. The molecule has 0 saturated heterocycles. The highest BCUT2D eigenvalue weighted by Crippen LogP contribution is 2.48. The third-order valence-electron chi connectivity index (χ3n) is 4.69. The summed E-state index contributed by atoms with van der Waals surface area (Å²) < 4.78 is 0. The molecule has 5 nitrogen and oxygen atoms in total. The Morgan fingerprint density at radius 2 is 2.15 bits per heavy atom. The lowest BCUT2D eigenvalue weighted by Gasteiger charge is -2.47. The first-order valence-corrected chi connectivity index (χ1v) is 7.17. The molecule has 1 aromatic carbocycles. The number of aliphatic hydroxyl groups is 1. The van der Waals surface area contributed by atoms with E-state index >= 15 is 0 Å². The summed E-state index contributed by atoms with van der Waals surface area (Å²) in [6.45, 7) is 3.10. The summed E-state index contributed by atoms with van der Waals surface area (Å²) in [5.74, 6) is 0.427. The first kappa shape index (κ1) is 14.8. The molecule has 0 unspecified atom stereocenters. The van der Waals surface area contributed by atoms with Crippen LogP contribution in [0.2, 0.25) is 0 Å². The first-order valence-electron chi connectivity index (χ1n) is 7.17. The van der Waals surface area contributed by atoms with Gasteiger partial charge in [0.2, 0.25) is 0 Å². The highest BCUT2D eigenvalue weighted by atomic mass is 16.6. The number of hydrogen-bond donors (Lipinski definition) is 2. The van der Waals surface area contributed by atoms with E-state index in [9.17, 15) is 10.1 Å². The van der Waals surface area contributed by atoms with Crippen molar-refractivity contribution in [3.63, 3.8) is 0 Å². The summed E-state index contributed by atoms with van der Waals surface area (Å²) in [5, 5.41) is 23.4. The smallest absolute Gasteiger partial charge is 0.292 e. The van der Waals surface area contributed by atoms with E-state index in [0.717, 1.165) is 25.8 Å². The predicted molar refractivity (Wildman–Crippen MR) is 78.7 cm³/mol. The number of nitro groups is 1. The average Bonchev–Trinajstić information content (AvgIpc) is 2.38. The highest BCUT2D eigenvalue weighted by molar-refractivity contribution is 5.61. The monoisotopic (exact) mass is 278 g/mol. The van der Waals surface area contributed by atoms with Crippen molar-refractivity contribution < 1.29 is 10.0 Å². The lowest BCUT2D eigenvalue weighted by Crippen LogP contribution is -2.42. The normalized spacial score (nSPS) is 18.1. The Morgan fingerprint density at radius 3 is 2.70 bits per heavy atom. The maximum Gasteiger partial charge on any atom is 0.292 e. The molecule has 0 bridgehead atoms. The van der Waals surface area contributed by atoms with Crippen LogP contribution < -0.4 is 5.32 Å². The van der Waals surface area contributed by atoms with Gasteiger partial charge in [0.15, 0.2) is 0 Å². The SMILES string of the molecule is C[C@H](CCO)C1(CNc2ccccc2[N+](=O)[O-])CCC1. The summed E-state index contributed by atoms with van der Waals surface area (Å²) in [6, 6.07) is 6.75. The Morgan fingerprint density at radius 1 is 1.45 bits per heavy atom. The molecule has 0 aromatic heterocycles. The van der Waals surface area contributed by atoms with Gasteiger partial charge in [0.25, 0.3) is 5.69 Å². The fraction of sp³-hybridized carbons (Fsp3) is 0.600. The number of anilines is 1. The number of rotatable bonds is 7. The van der Waals surface area contributed by atoms with Crippen molar-refractivity contribution in [2.45, 2.75) is 32.6 Å². The Hall–Kier alpha value is -1.62. The van der Waals surface area contributed by atoms with E-state index < -0.39 is 0 Å². The molecule has 2 N–H and O–H groups in total. The van der Waals surface area contributed by atoms with Crippen LogP contribution >= 0.6 is 0 Å². The van der Waals surface area contributed by atoms with Crippen molar-refractivity contribution in [2.75, 3.05) is 18.5 Å². The van der Waals surface area contributed by atoms with Gasteiger partial charge in [-0.05, 0) is 36.7 Å².